The number of halogens is 2. The van der Waals surface area contributed by atoms with Gasteiger partial charge < -0.3 is 4.90 Å². The third kappa shape index (κ3) is 5.55. The highest BCUT2D eigenvalue weighted by molar-refractivity contribution is 7.89. The summed E-state index contributed by atoms with van der Waals surface area (Å²) in [7, 11) is -3.78. The number of rotatable bonds is 7. The molecule has 0 saturated carbocycles. The van der Waals surface area contributed by atoms with Gasteiger partial charge in [-0.05, 0) is 48.9 Å². The molecule has 1 amide bonds. The zero-order chi connectivity index (χ0) is 21.7. The molecule has 1 saturated heterocycles. The Bertz CT molecular complexity index is 989. The lowest BCUT2D eigenvalue weighted by Crippen LogP contribution is -2.41. The van der Waals surface area contributed by atoms with Crippen molar-refractivity contribution in [1.29, 1.82) is 0 Å². The molecule has 1 N–H and O–H groups in total. The molecule has 162 valence electrons. The van der Waals surface area contributed by atoms with Crippen LogP contribution < -0.4 is 4.72 Å². The summed E-state index contributed by atoms with van der Waals surface area (Å²) in [5.41, 5.74) is 0.722. The summed E-state index contributed by atoms with van der Waals surface area (Å²) in [4.78, 5) is 15.2. The van der Waals surface area contributed by atoms with E-state index in [1.54, 1.807) is 18.2 Å². The van der Waals surface area contributed by atoms with Crippen LogP contribution in [-0.4, -0.2) is 38.9 Å². The third-order valence-electron chi connectivity index (χ3n) is 5.53. The first kappa shape index (κ1) is 23.1. The first-order valence-corrected chi connectivity index (χ1v) is 12.3. The number of amides is 1. The number of carbonyl (C=O) groups is 1. The molecule has 1 fully saturated rings. The van der Waals surface area contributed by atoms with Gasteiger partial charge >= 0.3 is 0 Å². The number of nitrogens with zero attached hydrogens (tertiary/aromatic N) is 1. The summed E-state index contributed by atoms with van der Waals surface area (Å²) in [5, 5.41) is 0.668. The van der Waals surface area contributed by atoms with Gasteiger partial charge in [-0.1, -0.05) is 60.5 Å². The van der Waals surface area contributed by atoms with Crippen molar-refractivity contribution in [1.82, 2.24) is 9.62 Å². The monoisotopic (exact) mass is 468 g/mol. The average Bonchev–Trinajstić information content (AvgIpc) is 2.72. The van der Waals surface area contributed by atoms with E-state index in [2.05, 4.69) is 11.6 Å². The van der Waals surface area contributed by atoms with Crippen molar-refractivity contribution in [3.05, 3.63) is 64.1 Å². The van der Waals surface area contributed by atoms with Crippen LogP contribution in [0.2, 0.25) is 10.0 Å². The first-order chi connectivity index (χ1) is 14.3. The van der Waals surface area contributed by atoms with Crippen LogP contribution in [0.1, 0.15) is 37.7 Å². The zero-order valence-electron chi connectivity index (χ0n) is 16.9. The van der Waals surface area contributed by atoms with Crippen molar-refractivity contribution in [2.45, 2.75) is 37.0 Å². The van der Waals surface area contributed by atoms with Gasteiger partial charge in [0.05, 0.1) is 10.9 Å². The van der Waals surface area contributed by atoms with Crippen LogP contribution in [0, 0.1) is 5.92 Å². The van der Waals surface area contributed by atoms with E-state index in [9.17, 15) is 13.2 Å². The SMILES string of the molecule is CC1CCN(C(=O)C(CCNS(=O)(=O)c2ccccc2Cl)c2ccccc2Cl)CC1. The van der Waals surface area contributed by atoms with Crippen LogP contribution in [-0.2, 0) is 14.8 Å². The van der Waals surface area contributed by atoms with Gasteiger partial charge in [0.25, 0.3) is 0 Å². The Balaban J connectivity index is 1.75. The van der Waals surface area contributed by atoms with E-state index in [1.165, 1.54) is 12.1 Å². The molecule has 2 aromatic carbocycles. The summed E-state index contributed by atoms with van der Waals surface area (Å²) in [6.07, 6.45) is 2.25. The second kappa shape index (κ2) is 10.1. The predicted octanol–water partition coefficient (Wildman–Crippen LogP) is 4.70. The summed E-state index contributed by atoms with van der Waals surface area (Å²) >= 11 is 12.4. The maximum Gasteiger partial charge on any atom is 0.242 e. The van der Waals surface area contributed by atoms with Gasteiger partial charge in [-0.2, -0.15) is 0 Å². The predicted molar refractivity (Wildman–Crippen MR) is 120 cm³/mol. The highest BCUT2D eigenvalue weighted by atomic mass is 35.5. The molecule has 0 aromatic heterocycles. The lowest BCUT2D eigenvalue weighted by atomic mass is 9.92. The highest BCUT2D eigenvalue weighted by Gasteiger charge is 2.30. The van der Waals surface area contributed by atoms with Gasteiger partial charge in [-0.3, -0.25) is 4.79 Å². The fourth-order valence-electron chi connectivity index (χ4n) is 3.70. The molecule has 30 heavy (non-hydrogen) atoms. The Morgan fingerprint density at radius 3 is 2.30 bits per heavy atom. The minimum atomic E-state index is -3.78. The van der Waals surface area contributed by atoms with E-state index in [4.69, 9.17) is 23.2 Å². The number of nitrogens with one attached hydrogen (secondary N) is 1. The summed E-state index contributed by atoms with van der Waals surface area (Å²) < 4.78 is 27.8. The number of piperidine rings is 1. The van der Waals surface area contributed by atoms with Crippen LogP contribution >= 0.6 is 23.2 Å². The number of carbonyl (C=O) groups excluding carboxylic acids is 1. The van der Waals surface area contributed by atoms with Gasteiger partial charge in [0.2, 0.25) is 15.9 Å². The minimum Gasteiger partial charge on any atom is -0.342 e. The molecule has 1 unspecified atom stereocenters. The normalized spacial score (nSPS) is 16.4. The van der Waals surface area contributed by atoms with Crippen molar-refractivity contribution >= 4 is 39.1 Å². The lowest BCUT2D eigenvalue weighted by molar-refractivity contribution is -0.134. The van der Waals surface area contributed by atoms with Crippen molar-refractivity contribution in [3.63, 3.8) is 0 Å². The first-order valence-electron chi connectivity index (χ1n) is 10.1. The third-order valence-corrected chi connectivity index (χ3v) is 7.83. The van der Waals surface area contributed by atoms with Crippen LogP contribution in [0.5, 0.6) is 0 Å². The summed E-state index contributed by atoms with van der Waals surface area (Å²) in [6, 6.07) is 13.5. The standard InChI is InChI=1S/C22H26Cl2N2O3S/c1-16-11-14-26(15-12-16)22(27)18(17-6-2-3-7-19(17)23)10-13-25-30(28,29)21-9-5-4-8-20(21)24/h2-9,16,18,25H,10-15H2,1H3. The molecule has 1 aliphatic heterocycles. The molecule has 2 aromatic rings. The smallest absolute Gasteiger partial charge is 0.242 e. The maximum atomic E-state index is 13.3. The Morgan fingerprint density at radius 1 is 1.07 bits per heavy atom. The number of benzene rings is 2. The number of hydrogen-bond donors (Lipinski definition) is 1. The second-order valence-electron chi connectivity index (χ2n) is 7.70. The quantitative estimate of drug-likeness (QED) is 0.639. The molecule has 5 nitrogen and oxygen atoms in total. The highest BCUT2D eigenvalue weighted by Crippen LogP contribution is 2.30. The fourth-order valence-corrected chi connectivity index (χ4v) is 5.53. The van der Waals surface area contributed by atoms with Crippen LogP contribution in [0.4, 0.5) is 0 Å². The molecule has 1 aliphatic rings. The van der Waals surface area contributed by atoms with E-state index in [-0.39, 0.29) is 22.4 Å². The molecule has 0 aliphatic carbocycles. The molecule has 0 bridgehead atoms. The minimum absolute atomic E-state index is 0.00746. The Hall–Kier alpha value is -1.60. The van der Waals surface area contributed by atoms with Gasteiger partial charge in [-0.15, -0.1) is 0 Å². The number of hydrogen-bond acceptors (Lipinski definition) is 3. The van der Waals surface area contributed by atoms with Crippen LogP contribution in [0.15, 0.2) is 53.4 Å². The topological polar surface area (TPSA) is 66.5 Å². The van der Waals surface area contributed by atoms with E-state index >= 15 is 0 Å². The number of likely N-dealkylation sites (tertiary alicyclic amines) is 1. The molecular weight excluding hydrogens is 443 g/mol. The van der Waals surface area contributed by atoms with Crippen molar-refractivity contribution in [3.8, 4) is 0 Å². The fraction of sp³-hybridized carbons (Fsp3) is 0.409. The molecule has 0 spiro atoms. The van der Waals surface area contributed by atoms with Crippen molar-refractivity contribution in [2.75, 3.05) is 19.6 Å². The lowest BCUT2D eigenvalue weighted by Gasteiger charge is -2.33. The average molecular weight is 469 g/mol. The van der Waals surface area contributed by atoms with Gasteiger partial charge in [0, 0.05) is 24.7 Å². The zero-order valence-corrected chi connectivity index (χ0v) is 19.2. The van der Waals surface area contributed by atoms with Crippen molar-refractivity contribution in [2.24, 2.45) is 5.92 Å². The van der Waals surface area contributed by atoms with E-state index in [1.807, 2.05) is 23.1 Å². The molecule has 1 heterocycles. The maximum absolute atomic E-state index is 13.3. The van der Waals surface area contributed by atoms with Crippen LogP contribution in [0.3, 0.4) is 0 Å². The Kier molecular flexibility index (Phi) is 7.80. The summed E-state index contributed by atoms with van der Waals surface area (Å²) in [6.45, 7) is 3.72. The Morgan fingerprint density at radius 2 is 1.67 bits per heavy atom. The summed E-state index contributed by atoms with van der Waals surface area (Å²) in [5.74, 6) is 0.0863. The van der Waals surface area contributed by atoms with E-state index in [0.29, 0.717) is 30.5 Å². The second-order valence-corrected chi connectivity index (χ2v) is 10.2. The Labute approximate surface area is 188 Å². The van der Waals surface area contributed by atoms with E-state index < -0.39 is 15.9 Å². The molecule has 8 heteroatoms. The molecule has 1 atom stereocenters. The van der Waals surface area contributed by atoms with Gasteiger partial charge in [0.15, 0.2) is 0 Å². The van der Waals surface area contributed by atoms with Crippen LogP contribution in [0.25, 0.3) is 0 Å². The van der Waals surface area contributed by atoms with Crippen molar-refractivity contribution < 1.29 is 13.2 Å². The van der Waals surface area contributed by atoms with Gasteiger partial charge in [0.1, 0.15) is 4.90 Å². The number of sulfonamides is 1. The van der Waals surface area contributed by atoms with E-state index in [0.717, 1.165) is 18.4 Å². The largest absolute Gasteiger partial charge is 0.342 e. The molecule has 3 rings (SSSR count). The molecule has 0 radical (unpaired) electrons. The molecular formula is C22H26Cl2N2O3S. The van der Waals surface area contributed by atoms with Gasteiger partial charge in [-0.25, -0.2) is 13.1 Å².